The van der Waals surface area contributed by atoms with E-state index in [9.17, 15) is 0 Å². The van der Waals surface area contributed by atoms with E-state index < -0.39 is 0 Å². The maximum absolute atomic E-state index is 6.66. The van der Waals surface area contributed by atoms with Gasteiger partial charge in [0.25, 0.3) is 0 Å². The Kier molecular flexibility index (Phi) is 20.3. The molecule has 30 rings (SSSR count). The smallest absolute Gasteiger partial charge is 0.143 e. The quantitative estimate of drug-likeness (QED) is 0.122. The summed E-state index contributed by atoms with van der Waals surface area (Å²) in [5, 5.41) is 7.23. The highest BCUT2D eigenvalue weighted by molar-refractivity contribution is 7.26. The Hall–Kier alpha value is -17.2. The van der Waals surface area contributed by atoms with E-state index in [2.05, 4.69) is 541 Å². The van der Waals surface area contributed by atoms with Gasteiger partial charge in [0.2, 0.25) is 0 Å². The Bertz CT molecular complexity index is 9440. The van der Waals surface area contributed by atoms with Crippen LogP contribution in [0.25, 0.3) is 164 Å². The molecule has 0 amide bonds. The Morgan fingerprint density at radius 3 is 0.900 bits per heavy atom. The van der Waals surface area contributed by atoms with Gasteiger partial charge in [-0.2, -0.15) is 0 Å². The van der Waals surface area contributed by atoms with Crippen LogP contribution in [0.3, 0.4) is 0 Å². The molecule has 6 aliphatic carbocycles. The van der Waals surface area contributed by atoms with E-state index in [1.165, 1.54) is 210 Å². The first-order valence-corrected chi connectivity index (χ1v) is 53.7. The fourth-order valence-electron chi connectivity index (χ4n) is 27.2. The standard InChI is InChI=1S/2C48H37NO.C48H37NS/c1-47(2)36-22-9-5-18-34(36)44-38(47)24-14-27-41(44)49(42-28-15-25-39-45(42)35-19-6-10-23-37(35)48(39,3)4)40-26-11-7-16-30(40)32-20-13-21-33-31-17-8-12-29-43(31)50-46(32)33;1-47(2)36-18-8-5-14-33(36)45-38(47)20-12-22-40(45)49(41-23-13-21-39-46(41)34-15-6-9-19-37(34)48(39,3)4)31-28-26-30(27-29-31)32-17-11-25-43-44(32)35-16-7-10-24-42(35)50-43;1-47(2)36-21-8-5-17-33(36)45-38(47)23-13-25-40(45)49(41-26-14-24-39-46(41)34-18-6-9-22-37(34)48(39,3)4)31-16-11-15-30(29-31)32-20-12-28-43-44(32)35-19-7-10-27-42(35)50-43/h3*5-29H,1-4H3. The lowest BCUT2D eigenvalue weighted by molar-refractivity contribution is 0.660. The van der Waals surface area contributed by atoms with E-state index >= 15 is 0 Å². The number of fused-ring (bicyclic) bond motifs is 27. The lowest BCUT2D eigenvalue weighted by Gasteiger charge is -2.32. The van der Waals surface area contributed by atoms with Gasteiger partial charge in [0.05, 0.1) is 39.8 Å². The molecule has 0 spiro atoms. The summed E-state index contributed by atoms with van der Waals surface area (Å²) in [6.45, 7) is 28.4. The third-order valence-electron chi connectivity index (χ3n) is 34.5. The highest BCUT2D eigenvalue weighted by Crippen LogP contribution is 2.65. The molecular weight excluding hydrogens is 1840 g/mol. The van der Waals surface area contributed by atoms with Crippen molar-refractivity contribution in [2.75, 3.05) is 14.7 Å². The average Bonchev–Trinajstić information content (AvgIpc) is 1.55. The predicted octanol–water partition coefficient (Wildman–Crippen LogP) is 40.5. The monoisotopic (exact) mass is 1950 g/mol. The van der Waals surface area contributed by atoms with Crippen LogP contribution < -0.4 is 14.7 Å². The van der Waals surface area contributed by atoms with Gasteiger partial charge in [0, 0.05) is 130 Å². The number of hydrogen-bond acceptors (Lipinski definition) is 6. The minimum Gasteiger partial charge on any atom is -0.456 e. The van der Waals surface area contributed by atoms with Gasteiger partial charge in [-0.1, -0.05) is 441 Å². The molecular formula is C144H111N3O2S. The van der Waals surface area contributed by atoms with E-state index in [4.69, 9.17) is 8.83 Å². The van der Waals surface area contributed by atoms with Crippen molar-refractivity contribution in [2.24, 2.45) is 0 Å². The number of rotatable bonds is 12. The van der Waals surface area contributed by atoms with Gasteiger partial charge in [-0.05, 0) is 219 Å². The maximum Gasteiger partial charge on any atom is 0.143 e. The summed E-state index contributed by atoms with van der Waals surface area (Å²) < 4.78 is 15.6. The summed E-state index contributed by atoms with van der Waals surface area (Å²) in [5.74, 6) is 0. The maximum atomic E-state index is 6.66. The van der Waals surface area contributed by atoms with Crippen LogP contribution in [0.1, 0.15) is 150 Å². The van der Waals surface area contributed by atoms with Gasteiger partial charge < -0.3 is 23.5 Å². The van der Waals surface area contributed by atoms with Crippen LogP contribution in [0.15, 0.2) is 464 Å². The summed E-state index contributed by atoms with van der Waals surface area (Å²) in [4.78, 5) is 7.62. The minimum absolute atomic E-state index is 0.0989. The third-order valence-corrected chi connectivity index (χ3v) is 35.6. The largest absolute Gasteiger partial charge is 0.456 e. The van der Waals surface area contributed by atoms with Crippen LogP contribution in [0.5, 0.6) is 0 Å². The topological polar surface area (TPSA) is 36.0 Å². The summed E-state index contributed by atoms with van der Waals surface area (Å²) in [7, 11) is 0. The van der Waals surface area contributed by atoms with Gasteiger partial charge in [-0.3, -0.25) is 0 Å². The van der Waals surface area contributed by atoms with Crippen LogP contribution in [0.4, 0.5) is 51.2 Å². The highest BCUT2D eigenvalue weighted by atomic mass is 32.1. The lowest BCUT2D eigenvalue weighted by Crippen LogP contribution is -2.17. The number of furan rings is 2. The molecule has 0 N–H and O–H groups in total. The molecule has 720 valence electrons. The number of benzene rings is 21. The second-order valence-corrected chi connectivity index (χ2v) is 45.8. The molecule has 21 aromatic carbocycles. The number of anilines is 9. The van der Waals surface area contributed by atoms with E-state index in [1.807, 2.05) is 23.5 Å². The predicted molar refractivity (Wildman–Crippen MR) is 633 cm³/mol. The van der Waals surface area contributed by atoms with Crippen molar-refractivity contribution >= 4 is 127 Å². The molecule has 0 fully saturated rings. The zero-order valence-electron chi connectivity index (χ0n) is 86.4. The number of thiophene rings is 1. The first-order valence-electron chi connectivity index (χ1n) is 52.8. The van der Waals surface area contributed by atoms with Gasteiger partial charge in [-0.25, -0.2) is 0 Å². The molecule has 0 bridgehead atoms. The molecule has 0 unspecified atom stereocenters. The van der Waals surface area contributed by atoms with Crippen molar-refractivity contribution < 1.29 is 8.83 Å². The van der Waals surface area contributed by atoms with Crippen molar-refractivity contribution in [1.29, 1.82) is 0 Å². The zero-order valence-corrected chi connectivity index (χ0v) is 87.2. The molecule has 3 aromatic heterocycles. The van der Waals surface area contributed by atoms with Crippen LogP contribution in [0.2, 0.25) is 0 Å². The molecule has 150 heavy (non-hydrogen) atoms. The Morgan fingerprint density at radius 1 is 0.173 bits per heavy atom. The Balaban J connectivity index is 0.000000108. The summed E-state index contributed by atoms with van der Waals surface area (Å²) in [5.41, 5.74) is 52.9. The van der Waals surface area contributed by atoms with Crippen LogP contribution in [-0.2, 0) is 32.5 Å². The fourth-order valence-corrected chi connectivity index (χ4v) is 28.4. The number of nitrogens with zero attached hydrogens (tertiary/aromatic N) is 3. The normalized spacial score (nSPS) is 14.7. The molecule has 0 aliphatic heterocycles. The van der Waals surface area contributed by atoms with E-state index in [-0.39, 0.29) is 32.5 Å². The lowest BCUT2D eigenvalue weighted by atomic mass is 9.82. The zero-order chi connectivity index (χ0) is 101. The molecule has 24 aromatic rings. The van der Waals surface area contributed by atoms with Crippen LogP contribution in [0, 0.1) is 0 Å². The molecule has 6 aliphatic rings. The van der Waals surface area contributed by atoms with Crippen LogP contribution in [-0.4, -0.2) is 0 Å². The summed E-state index contributed by atoms with van der Waals surface area (Å²) >= 11 is 1.88. The molecule has 3 heterocycles. The third kappa shape index (κ3) is 13.3. The summed E-state index contributed by atoms with van der Waals surface area (Å²) in [6.07, 6.45) is 0. The van der Waals surface area contributed by atoms with Gasteiger partial charge in [0.15, 0.2) is 0 Å². The van der Waals surface area contributed by atoms with Gasteiger partial charge in [0.1, 0.15) is 22.3 Å². The second kappa shape index (κ2) is 33.7. The first-order chi connectivity index (χ1) is 73.0. The van der Waals surface area contributed by atoms with Gasteiger partial charge >= 0.3 is 0 Å². The average molecular weight is 1950 g/mol. The number of hydrogen-bond donors (Lipinski definition) is 0. The van der Waals surface area contributed by atoms with Crippen molar-refractivity contribution in [1.82, 2.24) is 0 Å². The van der Waals surface area contributed by atoms with E-state index in [0.29, 0.717) is 0 Å². The Morgan fingerprint density at radius 2 is 0.460 bits per heavy atom. The molecule has 6 heteroatoms. The van der Waals surface area contributed by atoms with Crippen molar-refractivity contribution in [3.05, 3.63) is 522 Å². The molecule has 0 saturated heterocycles. The Labute approximate surface area is 881 Å². The minimum atomic E-state index is -0.125. The number of para-hydroxylation sites is 4. The molecule has 5 nitrogen and oxygen atoms in total. The second-order valence-electron chi connectivity index (χ2n) is 44.7. The SMILES string of the molecule is CC1(C)c2ccccc2-c2c(N(c3ccc(-c4cccc5oc6ccccc6c45)cc3)c3cccc4c3-c3ccccc3C4(C)C)cccc21.CC1(C)c2ccccc2-c2c(N(c3cccc(-c4cccc5sc6ccccc6c45)c3)c3cccc4c3-c3ccccc3C4(C)C)cccc21.CC1(C)c2ccccc2-c2c(N(c3ccccc3-c3cccc4c3oc3ccccc34)c3cccc4c3-c3ccccc3C4(C)C)cccc21. The van der Waals surface area contributed by atoms with Crippen molar-refractivity contribution in [3.63, 3.8) is 0 Å². The van der Waals surface area contributed by atoms with Gasteiger partial charge in [-0.15, -0.1) is 11.3 Å². The van der Waals surface area contributed by atoms with Crippen molar-refractivity contribution in [2.45, 2.75) is 116 Å². The highest BCUT2D eigenvalue weighted by Gasteiger charge is 2.47. The summed E-state index contributed by atoms with van der Waals surface area (Å²) in [6, 6.07) is 168. The van der Waals surface area contributed by atoms with Crippen molar-refractivity contribution in [3.8, 4) is 100 Å². The van der Waals surface area contributed by atoms with E-state index in [1.54, 1.807) is 0 Å². The fraction of sp³-hybridized carbons (Fsp3) is 0.125. The van der Waals surface area contributed by atoms with Crippen LogP contribution >= 0.6 is 11.3 Å². The molecule has 0 radical (unpaired) electrons. The van der Waals surface area contributed by atoms with E-state index in [0.717, 1.165) is 72.1 Å². The molecule has 0 saturated carbocycles. The molecule has 0 atom stereocenters. The first kappa shape index (κ1) is 90.4.